The van der Waals surface area contributed by atoms with E-state index in [1.165, 1.54) is 16.7 Å². The number of hydrogen-bond acceptors (Lipinski definition) is 1. The van der Waals surface area contributed by atoms with Gasteiger partial charge in [0.2, 0.25) is 0 Å². The second kappa shape index (κ2) is 7.59. The molecule has 0 saturated heterocycles. The molecule has 0 bridgehead atoms. The van der Waals surface area contributed by atoms with Gasteiger partial charge in [-0.3, -0.25) is 0 Å². The van der Waals surface area contributed by atoms with Crippen LogP contribution in [0.1, 0.15) is 37.5 Å². The van der Waals surface area contributed by atoms with Gasteiger partial charge in [0.25, 0.3) is 0 Å². The Kier molecular flexibility index (Phi) is 6.43. The lowest BCUT2D eigenvalue weighted by Crippen LogP contribution is -2.19. The van der Waals surface area contributed by atoms with Crippen molar-refractivity contribution in [3.63, 3.8) is 0 Å². The third-order valence-electron chi connectivity index (χ3n) is 4.01. The van der Waals surface area contributed by atoms with E-state index in [0.29, 0.717) is 6.61 Å². The molecule has 0 aromatic heterocycles. The number of ether oxygens (including phenoxy) is 1. The lowest BCUT2D eigenvalue weighted by molar-refractivity contribution is 0.335. The molecule has 0 saturated carbocycles. The van der Waals surface area contributed by atoms with Crippen LogP contribution in [0.2, 0.25) is 0 Å². The topological polar surface area (TPSA) is 9.23 Å². The van der Waals surface area contributed by atoms with E-state index < -0.39 is 0 Å². The van der Waals surface area contributed by atoms with Crippen LogP contribution in [0.25, 0.3) is 0 Å². The molecule has 0 N–H and O–H groups in total. The Bertz CT molecular complexity index is 692. The predicted molar refractivity (Wildman–Crippen MR) is 112 cm³/mol. The van der Waals surface area contributed by atoms with Crippen molar-refractivity contribution in [3.8, 4) is 5.75 Å². The highest BCUT2D eigenvalue weighted by Crippen LogP contribution is 2.42. The largest absolute Gasteiger partial charge is 0.492 e. The van der Waals surface area contributed by atoms with Gasteiger partial charge in [-0.2, -0.15) is 0 Å². The smallest absolute Gasteiger partial charge is 0.147 e. The molecule has 5 heteroatoms. The molecule has 0 aliphatic rings. The minimum atomic E-state index is -0.144. The molecule has 0 aliphatic heterocycles. The zero-order valence-corrected chi connectivity index (χ0v) is 19.8. The Balaban J connectivity index is 2.56. The molecule has 1 nitrogen and oxygen atoms in total. The Hall–Kier alpha value is 0.160. The van der Waals surface area contributed by atoms with Crippen LogP contribution < -0.4 is 4.74 Å². The third kappa shape index (κ3) is 4.05. The molecule has 0 unspecified atom stereocenters. The first kappa shape index (κ1) is 19.5. The molecule has 2 aromatic rings. The van der Waals surface area contributed by atoms with Crippen LogP contribution >= 0.6 is 63.7 Å². The molecular weight excluding hydrogens is 552 g/mol. The highest BCUT2D eigenvalue weighted by atomic mass is 79.9. The fraction of sp³-hybridized carbons (Fsp3) is 0.333. The van der Waals surface area contributed by atoms with Gasteiger partial charge in [-0.1, -0.05) is 45.7 Å². The van der Waals surface area contributed by atoms with Gasteiger partial charge in [0.15, 0.2) is 0 Å². The predicted octanol–water partition coefficient (Wildman–Crippen LogP) is 7.77. The molecule has 0 radical (unpaired) electrons. The molecule has 2 rings (SSSR count). The fourth-order valence-electron chi connectivity index (χ4n) is 2.38. The van der Waals surface area contributed by atoms with Crippen LogP contribution in [0.3, 0.4) is 0 Å². The van der Waals surface area contributed by atoms with Gasteiger partial charge in [-0.05, 0) is 86.7 Å². The summed E-state index contributed by atoms with van der Waals surface area (Å²) in [6.45, 7) is 9.17. The van der Waals surface area contributed by atoms with Crippen LogP contribution in [0, 0.1) is 6.92 Å². The molecule has 0 aliphatic carbocycles. The maximum Gasteiger partial charge on any atom is 0.147 e. The summed E-state index contributed by atoms with van der Waals surface area (Å²) in [7, 11) is 0. The zero-order valence-electron chi connectivity index (χ0n) is 13.4. The normalized spacial score (nSPS) is 11.7. The quantitative estimate of drug-likeness (QED) is 0.365. The van der Waals surface area contributed by atoms with Crippen molar-refractivity contribution in [2.75, 3.05) is 6.61 Å². The number of rotatable bonds is 4. The van der Waals surface area contributed by atoms with Crippen LogP contribution in [0.4, 0.5) is 0 Å². The number of halogens is 4. The highest BCUT2D eigenvalue weighted by molar-refractivity contribution is 9.11. The SMILES string of the molecule is CCOc1c(Br)cc(C(C)(C)c2cc(Br)c(C)c(Br)c2)cc1Br. The molecule has 0 amide bonds. The molecule has 23 heavy (non-hydrogen) atoms. The van der Waals surface area contributed by atoms with Gasteiger partial charge < -0.3 is 4.74 Å². The lowest BCUT2D eigenvalue weighted by atomic mass is 9.78. The summed E-state index contributed by atoms with van der Waals surface area (Å²) in [5.41, 5.74) is 3.51. The van der Waals surface area contributed by atoms with E-state index in [2.05, 4.69) is 109 Å². The van der Waals surface area contributed by atoms with E-state index in [4.69, 9.17) is 4.74 Å². The third-order valence-corrected chi connectivity index (χ3v) is 6.84. The summed E-state index contributed by atoms with van der Waals surface area (Å²) in [6, 6.07) is 8.66. The second-order valence-electron chi connectivity index (χ2n) is 5.89. The summed E-state index contributed by atoms with van der Waals surface area (Å²) in [5.74, 6) is 0.846. The minimum Gasteiger partial charge on any atom is -0.492 e. The fourth-order valence-corrected chi connectivity index (χ4v) is 4.98. The van der Waals surface area contributed by atoms with Crippen molar-refractivity contribution in [3.05, 3.63) is 58.8 Å². The van der Waals surface area contributed by atoms with Crippen LogP contribution in [0.15, 0.2) is 42.2 Å². The van der Waals surface area contributed by atoms with E-state index in [9.17, 15) is 0 Å². The zero-order chi connectivity index (χ0) is 17.4. The summed E-state index contributed by atoms with van der Waals surface area (Å²) in [6.07, 6.45) is 0. The molecule has 0 fully saturated rings. The van der Waals surface area contributed by atoms with Gasteiger partial charge in [-0.15, -0.1) is 0 Å². The van der Waals surface area contributed by atoms with E-state index in [1.807, 2.05) is 6.92 Å². The molecule has 0 atom stereocenters. The Labute approximate surface area is 171 Å². The van der Waals surface area contributed by atoms with Crippen LogP contribution in [0.5, 0.6) is 5.75 Å². The second-order valence-corrected chi connectivity index (χ2v) is 9.31. The van der Waals surface area contributed by atoms with E-state index in [0.717, 1.165) is 23.6 Å². The van der Waals surface area contributed by atoms with E-state index in [-0.39, 0.29) is 5.41 Å². The van der Waals surface area contributed by atoms with E-state index in [1.54, 1.807) is 0 Å². The minimum absolute atomic E-state index is 0.144. The number of hydrogen-bond donors (Lipinski definition) is 0. The first-order chi connectivity index (χ1) is 10.7. The van der Waals surface area contributed by atoms with Gasteiger partial charge in [0.1, 0.15) is 5.75 Å². The maximum atomic E-state index is 5.69. The molecule has 124 valence electrons. The summed E-state index contributed by atoms with van der Waals surface area (Å²) < 4.78 is 9.83. The van der Waals surface area contributed by atoms with Gasteiger partial charge >= 0.3 is 0 Å². The van der Waals surface area contributed by atoms with Crippen LogP contribution in [-0.4, -0.2) is 6.61 Å². The van der Waals surface area contributed by atoms with Crippen molar-refractivity contribution in [1.82, 2.24) is 0 Å². The summed E-state index contributed by atoms with van der Waals surface area (Å²) >= 11 is 14.6. The monoisotopic (exact) mass is 566 g/mol. The maximum absolute atomic E-state index is 5.69. The Morgan fingerprint density at radius 3 is 1.61 bits per heavy atom. The average molecular weight is 570 g/mol. The highest BCUT2D eigenvalue weighted by Gasteiger charge is 2.26. The average Bonchev–Trinajstić information content (AvgIpc) is 2.47. The molecule has 0 spiro atoms. The van der Waals surface area contributed by atoms with Crippen molar-refractivity contribution in [2.24, 2.45) is 0 Å². The standard InChI is InChI=1S/C18H18Br4O/c1-5-23-17-15(21)8-12(9-16(17)22)18(3,4)11-6-13(19)10(2)14(20)7-11/h6-9H,5H2,1-4H3. The number of benzene rings is 2. The summed E-state index contributed by atoms with van der Waals surface area (Å²) in [5, 5.41) is 0. The Morgan fingerprint density at radius 1 is 0.826 bits per heavy atom. The summed E-state index contributed by atoms with van der Waals surface area (Å²) in [4.78, 5) is 0. The van der Waals surface area contributed by atoms with Crippen molar-refractivity contribution in [1.29, 1.82) is 0 Å². The van der Waals surface area contributed by atoms with Gasteiger partial charge in [-0.25, -0.2) is 0 Å². The van der Waals surface area contributed by atoms with Crippen molar-refractivity contribution < 1.29 is 4.74 Å². The first-order valence-electron chi connectivity index (χ1n) is 7.27. The van der Waals surface area contributed by atoms with Crippen molar-refractivity contribution >= 4 is 63.7 Å². The molecule has 0 heterocycles. The molecular formula is C18H18Br4O. The van der Waals surface area contributed by atoms with Gasteiger partial charge in [0, 0.05) is 14.4 Å². The van der Waals surface area contributed by atoms with Crippen LogP contribution in [-0.2, 0) is 5.41 Å². The first-order valence-corrected chi connectivity index (χ1v) is 10.4. The van der Waals surface area contributed by atoms with Gasteiger partial charge in [0.05, 0.1) is 15.6 Å². The van der Waals surface area contributed by atoms with E-state index >= 15 is 0 Å². The lowest BCUT2D eigenvalue weighted by Gasteiger charge is -2.28. The van der Waals surface area contributed by atoms with Crippen molar-refractivity contribution in [2.45, 2.75) is 33.1 Å². The Morgan fingerprint density at radius 2 is 1.22 bits per heavy atom. The molecule has 2 aromatic carbocycles.